The van der Waals surface area contributed by atoms with Crippen molar-refractivity contribution in [3.05, 3.63) is 194 Å². The molecule has 11 rings (SSSR count). The summed E-state index contributed by atoms with van der Waals surface area (Å²) in [7, 11) is 0. The fraction of sp³-hybridized carbons (Fsp3) is 0. The fourth-order valence-corrected chi connectivity index (χ4v) is 8.17. The van der Waals surface area contributed by atoms with Crippen molar-refractivity contribution in [3.63, 3.8) is 0 Å². The molecule has 53 heavy (non-hydrogen) atoms. The standard InChI is InChI=1S/C50H32N2O/c1-3-11-36-29-40(24-19-33(36)9-1)51(42-26-28-50-46(32-42)44-14-6-8-16-49(44)53-50)39-22-17-35(18-23-39)38-21-27-48-45(31-38)43-13-5-7-15-47(43)52(48)41-25-20-34-10-2-4-12-37(34)30-41/h1-32H. The predicted molar refractivity (Wildman–Crippen MR) is 223 cm³/mol. The number of anilines is 3. The summed E-state index contributed by atoms with van der Waals surface area (Å²) in [6.07, 6.45) is 0. The van der Waals surface area contributed by atoms with Crippen molar-refractivity contribution in [3.8, 4) is 16.8 Å². The summed E-state index contributed by atoms with van der Waals surface area (Å²) in [5, 5.41) is 9.64. The molecule has 2 aromatic heterocycles. The van der Waals surface area contributed by atoms with E-state index in [4.69, 9.17) is 4.42 Å². The van der Waals surface area contributed by atoms with Crippen LogP contribution in [0.4, 0.5) is 17.1 Å². The maximum absolute atomic E-state index is 6.20. The number of benzene rings is 9. The number of fused-ring (bicyclic) bond motifs is 8. The average Bonchev–Trinajstić information content (AvgIpc) is 3.76. The fourth-order valence-electron chi connectivity index (χ4n) is 8.17. The van der Waals surface area contributed by atoms with Crippen molar-refractivity contribution >= 4 is 82.4 Å². The van der Waals surface area contributed by atoms with E-state index in [9.17, 15) is 0 Å². The lowest BCUT2D eigenvalue weighted by Gasteiger charge is -2.26. The molecule has 248 valence electrons. The van der Waals surface area contributed by atoms with Crippen molar-refractivity contribution in [2.24, 2.45) is 0 Å². The van der Waals surface area contributed by atoms with Gasteiger partial charge in [-0.05, 0) is 112 Å². The molecule has 0 saturated heterocycles. The molecule has 0 radical (unpaired) electrons. The Morgan fingerprint density at radius 3 is 1.75 bits per heavy atom. The highest BCUT2D eigenvalue weighted by Gasteiger charge is 2.17. The van der Waals surface area contributed by atoms with Crippen molar-refractivity contribution in [1.82, 2.24) is 4.57 Å². The first-order valence-electron chi connectivity index (χ1n) is 18.1. The molecule has 0 aliphatic rings. The Morgan fingerprint density at radius 2 is 0.925 bits per heavy atom. The lowest BCUT2D eigenvalue weighted by atomic mass is 10.0. The van der Waals surface area contributed by atoms with Crippen molar-refractivity contribution in [2.45, 2.75) is 0 Å². The second kappa shape index (κ2) is 11.7. The monoisotopic (exact) mass is 676 g/mol. The number of para-hydroxylation sites is 2. The minimum atomic E-state index is 0.890. The summed E-state index contributed by atoms with van der Waals surface area (Å²) in [4.78, 5) is 2.35. The SMILES string of the molecule is c1ccc2cc(N(c3ccc(-c4ccc5c(c4)c4ccccc4n5-c4ccc5ccccc5c4)cc3)c3ccc4oc5ccccc5c4c3)ccc2c1. The van der Waals surface area contributed by atoms with Crippen LogP contribution < -0.4 is 4.90 Å². The van der Waals surface area contributed by atoms with Gasteiger partial charge in [-0.3, -0.25) is 0 Å². The highest BCUT2D eigenvalue weighted by molar-refractivity contribution is 6.11. The van der Waals surface area contributed by atoms with E-state index >= 15 is 0 Å². The smallest absolute Gasteiger partial charge is 0.135 e. The molecule has 0 unspecified atom stereocenters. The summed E-state index contributed by atoms with van der Waals surface area (Å²) < 4.78 is 8.60. The van der Waals surface area contributed by atoms with Gasteiger partial charge in [0.05, 0.1) is 11.0 Å². The number of nitrogens with zero attached hydrogens (tertiary/aromatic N) is 2. The van der Waals surface area contributed by atoms with Gasteiger partial charge in [-0.15, -0.1) is 0 Å². The van der Waals surface area contributed by atoms with Gasteiger partial charge in [-0.25, -0.2) is 0 Å². The van der Waals surface area contributed by atoms with Crippen LogP contribution in [-0.4, -0.2) is 4.57 Å². The van der Waals surface area contributed by atoms with E-state index in [2.05, 4.69) is 191 Å². The molecule has 3 heteroatoms. The number of rotatable bonds is 5. The minimum Gasteiger partial charge on any atom is -0.456 e. The summed E-state index contributed by atoms with van der Waals surface area (Å²) in [6.45, 7) is 0. The molecular formula is C50H32N2O. The number of aromatic nitrogens is 1. The van der Waals surface area contributed by atoms with Crippen LogP contribution in [0.1, 0.15) is 0 Å². The van der Waals surface area contributed by atoms with Gasteiger partial charge in [0, 0.05) is 44.3 Å². The van der Waals surface area contributed by atoms with E-state index in [0.29, 0.717) is 0 Å². The summed E-state index contributed by atoms with van der Waals surface area (Å²) >= 11 is 0. The van der Waals surface area contributed by atoms with Crippen LogP contribution in [0.3, 0.4) is 0 Å². The first kappa shape index (κ1) is 29.6. The first-order valence-corrected chi connectivity index (χ1v) is 18.1. The normalized spacial score (nSPS) is 11.8. The number of furan rings is 1. The van der Waals surface area contributed by atoms with Gasteiger partial charge >= 0.3 is 0 Å². The molecule has 0 saturated carbocycles. The Bertz CT molecular complexity index is 3180. The van der Waals surface area contributed by atoms with Gasteiger partial charge in [-0.2, -0.15) is 0 Å². The molecule has 0 aliphatic heterocycles. The maximum atomic E-state index is 6.20. The minimum absolute atomic E-state index is 0.890. The molecule has 11 aromatic rings. The zero-order valence-electron chi connectivity index (χ0n) is 28.8. The molecule has 0 atom stereocenters. The Balaban J connectivity index is 1.03. The van der Waals surface area contributed by atoms with E-state index in [-0.39, 0.29) is 0 Å². The molecule has 0 fully saturated rings. The first-order chi connectivity index (χ1) is 26.2. The van der Waals surface area contributed by atoms with E-state index < -0.39 is 0 Å². The van der Waals surface area contributed by atoms with Crippen molar-refractivity contribution in [2.75, 3.05) is 4.90 Å². The molecule has 3 nitrogen and oxygen atoms in total. The summed E-state index contributed by atoms with van der Waals surface area (Å²) in [6, 6.07) is 69.9. The van der Waals surface area contributed by atoms with E-state index in [1.165, 1.54) is 60.2 Å². The summed E-state index contributed by atoms with van der Waals surface area (Å²) in [5.41, 5.74) is 11.0. The lowest BCUT2D eigenvalue weighted by Crippen LogP contribution is -2.09. The maximum Gasteiger partial charge on any atom is 0.135 e. The van der Waals surface area contributed by atoms with Gasteiger partial charge in [0.15, 0.2) is 0 Å². The third-order valence-corrected chi connectivity index (χ3v) is 10.7. The van der Waals surface area contributed by atoms with Crippen LogP contribution in [0.5, 0.6) is 0 Å². The van der Waals surface area contributed by atoms with E-state index in [1.807, 2.05) is 12.1 Å². The zero-order valence-corrected chi connectivity index (χ0v) is 28.8. The predicted octanol–water partition coefficient (Wildman–Crippen LogP) is 14.1. The van der Waals surface area contributed by atoms with Crippen LogP contribution in [-0.2, 0) is 0 Å². The van der Waals surface area contributed by atoms with Crippen molar-refractivity contribution < 1.29 is 4.42 Å². The van der Waals surface area contributed by atoms with E-state index in [0.717, 1.165) is 39.0 Å². The lowest BCUT2D eigenvalue weighted by molar-refractivity contribution is 0.669. The topological polar surface area (TPSA) is 21.3 Å². The highest BCUT2D eigenvalue weighted by Crippen LogP contribution is 2.41. The Kier molecular flexibility index (Phi) is 6.55. The molecule has 9 aromatic carbocycles. The molecule has 0 aliphatic carbocycles. The van der Waals surface area contributed by atoms with Crippen LogP contribution in [0.15, 0.2) is 199 Å². The molecule has 2 heterocycles. The molecular weight excluding hydrogens is 645 g/mol. The third-order valence-electron chi connectivity index (χ3n) is 10.7. The van der Waals surface area contributed by atoms with E-state index in [1.54, 1.807) is 0 Å². The largest absolute Gasteiger partial charge is 0.456 e. The Morgan fingerprint density at radius 1 is 0.340 bits per heavy atom. The van der Waals surface area contributed by atoms with Gasteiger partial charge in [0.1, 0.15) is 11.2 Å². The molecule has 0 N–H and O–H groups in total. The average molecular weight is 677 g/mol. The molecule has 0 amide bonds. The van der Waals surface area contributed by atoms with Crippen LogP contribution >= 0.6 is 0 Å². The van der Waals surface area contributed by atoms with Gasteiger partial charge < -0.3 is 13.9 Å². The summed E-state index contributed by atoms with van der Waals surface area (Å²) in [5.74, 6) is 0. The van der Waals surface area contributed by atoms with Crippen LogP contribution in [0, 0.1) is 0 Å². The Labute approximate surface area is 306 Å². The number of hydrogen-bond acceptors (Lipinski definition) is 2. The van der Waals surface area contributed by atoms with Crippen LogP contribution in [0.2, 0.25) is 0 Å². The van der Waals surface area contributed by atoms with Gasteiger partial charge in [-0.1, -0.05) is 115 Å². The van der Waals surface area contributed by atoms with Gasteiger partial charge in [0.25, 0.3) is 0 Å². The molecule has 0 bridgehead atoms. The van der Waals surface area contributed by atoms with Crippen molar-refractivity contribution in [1.29, 1.82) is 0 Å². The third kappa shape index (κ3) is 4.82. The van der Waals surface area contributed by atoms with Crippen LogP contribution in [0.25, 0.3) is 82.1 Å². The second-order valence-corrected chi connectivity index (χ2v) is 13.8. The Hall–Kier alpha value is -7.10. The second-order valence-electron chi connectivity index (χ2n) is 13.8. The highest BCUT2D eigenvalue weighted by atomic mass is 16.3. The zero-order chi connectivity index (χ0) is 34.9. The molecule has 0 spiro atoms. The van der Waals surface area contributed by atoms with Gasteiger partial charge in [0.2, 0.25) is 0 Å². The number of hydrogen-bond donors (Lipinski definition) is 0. The quantitative estimate of drug-likeness (QED) is 0.181.